The molecule has 4 nitrogen and oxygen atoms in total. The molecule has 0 radical (unpaired) electrons. The van der Waals surface area contributed by atoms with Gasteiger partial charge >= 0.3 is 6.03 Å². The number of hydrogen-bond donors (Lipinski definition) is 1. The van der Waals surface area contributed by atoms with Crippen LogP contribution in [0.1, 0.15) is 18.4 Å². The molecule has 0 atom stereocenters. The van der Waals surface area contributed by atoms with Crippen molar-refractivity contribution in [1.29, 1.82) is 0 Å². The largest absolute Gasteiger partial charge is 0.385 e. The highest BCUT2D eigenvalue weighted by atomic mass is 16.5. The standard InChI is InChI=1S/C15H24N2O2/c1-17(12-7-13-19-2)15(18)16-11-6-10-14-8-4-3-5-9-14/h3-5,8-9H,6-7,10-13H2,1-2H3,(H,16,18). The van der Waals surface area contributed by atoms with E-state index in [4.69, 9.17) is 4.74 Å². The summed E-state index contributed by atoms with van der Waals surface area (Å²) in [6.07, 6.45) is 2.82. The average molecular weight is 264 g/mol. The maximum Gasteiger partial charge on any atom is 0.317 e. The third-order valence-electron chi connectivity index (χ3n) is 2.95. The normalized spacial score (nSPS) is 10.2. The second-order valence-electron chi connectivity index (χ2n) is 4.59. The average Bonchev–Trinajstić information content (AvgIpc) is 2.44. The van der Waals surface area contributed by atoms with Crippen molar-refractivity contribution in [2.75, 3.05) is 33.9 Å². The van der Waals surface area contributed by atoms with Gasteiger partial charge in [-0.25, -0.2) is 4.79 Å². The lowest BCUT2D eigenvalue weighted by Gasteiger charge is -2.17. The molecule has 1 N–H and O–H groups in total. The van der Waals surface area contributed by atoms with Crippen LogP contribution in [0.5, 0.6) is 0 Å². The Bertz CT molecular complexity index is 354. The van der Waals surface area contributed by atoms with E-state index in [1.54, 1.807) is 12.0 Å². The Hall–Kier alpha value is -1.55. The van der Waals surface area contributed by atoms with E-state index in [1.807, 2.05) is 25.2 Å². The number of carbonyl (C=O) groups excluding carboxylic acids is 1. The summed E-state index contributed by atoms with van der Waals surface area (Å²) >= 11 is 0. The third kappa shape index (κ3) is 6.82. The summed E-state index contributed by atoms with van der Waals surface area (Å²) in [6.45, 7) is 2.12. The molecule has 0 aliphatic heterocycles. The second-order valence-corrected chi connectivity index (χ2v) is 4.59. The predicted molar refractivity (Wildman–Crippen MR) is 77.3 cm³/mol. The van der Waals surface area contributed by atoms with Gasteiger partial charge in [-0.05, 0) is 24.8 Å². The molecular formula is C15H24N2O2. The molecule has 1 aromatic carbocycles. The van der Waals surface area contributed by atoms with Crippen LogP contribution in [0.3, 0.4) is 0 Å². The molecular weight excluding hydrogens is 240 g/mol. The van der Waals surface area contributed by atoms with Gasteiger partial charge in [0.15, 0.2) is 0 Å². The molecule has 1 aromatic rings. The zero-order valence-corrected chi connectivity index (χ0v) is 11.9. The van der Waals surface area contributed by atoms with Crippen LogP contribution in [0.4, 0.5) is 4.79 Å². The van der Waals surface area contributed by atoms with E-state index in [1.165, 1.54) is 5.56 Å². The molecule has 0 spiro atoms. The van der Waals surface area contributed by atoms with Crippen LogP contribution in [0.15, 0.2) is 30.3 Å². The summed E-state index contributed by atoms with van der Waals surface area (Å²) < 4.78 is 4.96. The smallest absolute Gasteiger partial charge is 0.317 e. The van der Waals surface area contributed by atoms with Gasteiger partial charge in [-0.2, -0.15) is 0 Å². The van der Waals surface area contributed by atoms with Crippen LogP contribution in [0, 0.1) is 0 Å². The molecule has 0 fully saturated rings. The number of ether oxygens (including phenoxy) is 1. The van der Waals surface area contributed by atoms with Gasteiger partial charge in [-0.3, -0.25) is 0 Å². The zero-order chi connectivity index (χ0) is 13.9. The third-order valence-corrected chi connectivity index (χ3v) is 2.95. The minimum atomic E-state index is -0.0100. The summed E-state index contributed by atoms with van der Waals surface area (Å²) in [5.74, 6) is 0. The second kappa shape index (κ2) is 9.39. The number of nitrogens with zero attached hydrogens (tertiary/aromatic N) is 1. The topological polar surface area (TPSA) is 41.6 Å². The first-order valence-corrected chi connectivity index (χ1v) is 6.76. The Labute approximate surface area is 115 Å². The van der Waals surface area contributed by atoms with E-state index in [0.29, 0.717) is 13.2 Å². The Morgan fingerprint density at radius 3 is 2.68 bits per heavy atom. The summed E-state index contributed by atoms with van der Waals surface area (Å²) in [7, 11) is 3.48. The molecule has 0 heterocycles. The quantitative estimate of drug-likeness (QED) is 0.732. The Balaban J connectivity index is 2.09. The number of hydrogen-bond acceptors (Lipinski definition) is 2. The molecule has 0 bridgehead atoms. The van der Waals surface area contributed by atoms with Gasteiger partial charge < -0.3 is 15.0 Å². The number of aryl methyl sites for hydroxylation is 1. The van der Waals surface area contributed by atoms with Crippen molar-refractivity contribution in [3.05, 3.63) is 35.9 Å². The Morgan fingerprint density at radius 1 is 1.26 bits per heavy atom. The number of carbonyl (C=O) groups is 1. The van der Waals surface area contributed by atoms with Crippen molar-refractivity contribution in [1.82, 2.24) is 10.2 Å². The maximum absolute atomic E-state index is 11.7. The first kappa shape index (κ1) is 15.5. The van der Waals surface area contributed by atoms with E-state index >= 15 is 0 Å². The number of nitrogens with one attached hydrogen (secondary N) is 1. The van der Waals surface area contributed by atoms with E-state index in [-0.39, 0.29) is 6.03 Å². The van der Waals surface area contributed by atoms with Crippen molar-refractivity contribution in [2.45, 2.75) is 19.3 Å². The van der Waals surface area contributed by atoms with Crippen molar-refractivity contribution < 1.29 is 9.53 Å². The number of amides is 2. The first-order valence-electron chi connectivity index (χ1n) is 6.76. The van der Waals surface area contributed by atoms with Gasteiger partial charge in [0.1, 0.15) is 0 Å². The highest BCUT2D eigenvalue weighted by molar-refractivity contribution is 5.73. The van der Waals surface area contributed by atoms with Crippen LogP contribution < -0.4 is 5.32 Å². The fourth-order valence-electron chi connectivity index (χ4n) is 1.82. The minimum Gasteiger partial charge on any atom is -0.385 e. The highest BCUT2D eigenvalue weighted by Gasteiger charge is 2.06. The van der Waals surface area contributed by atoms with Crippen LogP contribution >= 0.6 is 0 Å². The van der Waals surface area contributed by atoms with Gasteiger partial charge in [-0.1, -0.05) is 30.3 Å². The summed E-state index contributed by atoms with van der Waals surface area (Å²) in [5.41, 5.74) is 1.31. The molecule has 0 aromatic heterocycles. The summed E-state index contributed by atoms with van der Waals surface area (Å²) in [5, 5.41) is 2.93. The van der Waals surface area contributed by atoms with Crippen LogP contribution in [0.2, 0.25) is 0 Å². The minimum absolute atomic E-state index is 0.0100. The highest BCUT2D eigenvalue weighted by Crippen LogP contribution is 2.01. The van der Waals surface area contributed by atoms with Gasteiger partial charge in [0.05, 0.1) is 0 Å². The van der Waals surface area contributed by atoms with Gasteiger partial charge in [0.2, 0.25) is 0 Å². The molecule has 19 heavy (non-hydrogen) atoms. The molecule has 0 aliphatic rings. The Morgan fingerprint density at radius 2 is 2.00 bits per heavy atom. The monoisotopic (exact) mass is 264 g/mol. The number of benzene rings is 1. The van der Waals surface area contributed by atoms with E-state index < -0.39 is 0 Å². The molecule has 2 amide bonds. The maximum atomic E-state index is 11.7. The lowest BCUT2D eigenvalue weighted by atomic mass is 10.1. The molecule has 0 unspecified atom stereocenters. The van der Waals surface area contributed by atoms with E-state index in [2.05, 4.69) is 17.4 Å². The first-order chi connectivity index (χ1) is 9.24. The lowest BCUT2D eigenvalue weighted by Crippen LogP contribution is -2.38. The molecule has 1 rings (SSSR count). The SMILES string of the molecule is COCCCN(C)C(=O)NCCCc1ccccc1. The van der Waals surface area contributed by atoms with Crippen LogP contribution in [-0.2, 0) is 11.2 Å². The lowest BCUT2D eigenvalue weighted by molar-refractivity contribution is 0.175. The van der Waals surface area contributed by atoms with Crippen LogP contribution in [0.25, 0.3) is 0 Å². The van der Waals surface area contributed by atoms with Gasteiger partial charge in [0.25, 0.3) is 0 Å². The van der Waals surface area contributed by atoms with Crippen molar-refractivity contribution >= 4 is 6.03 Å². The fraction of sp³-hybridized carbons (Fsp3) is 0.533. The fourth-order valence-corrected chi connectivity index (χ4v) is 1.82. The molecule has 0 saturated heterocycles. The van der Waals surface area contributed by atoms with Crippen molar-refractivity contribution in [2.24, 2.45) is 0 Å². The van der Waals surface area contributed by atoms with Crippen molar-refractivity contribution in [3.8, 4) is 0 Å². The zero-order valence-electron chi connectivity index (χ0n) is 11.9. The van der Waals surface area contributed by atoms with E-state index in [0.717, 1.165) is 25.8 Å². The van der Waals surface area contributed by atoms with E-state index in [9.17, 15) is 4.79 Å². The van der Waals surface area contributed by atoms with Crippen LogP contribution in [-0.4, -0.2) is 44.8 Å². The Kier molecular flexibility index (Phi) is 7.66. The number of methoxy groups -OCH3 is 1. The molecule has 0 aliphatic carbocycles. The number of urea groups is 1. The molecule has 106 valence electrons. The molecule has 0 saturated carbocycles. The van der Waals surface area contributed by atoms with Crippen molar-refractivity contribution in [3.63, 3.8) is 0 Å². The molecule has 4 heteroatoms. The predicted octanol–water partition coefficient (Wildman–Crippen LogP) is 2.30. The summed E-state index contributed by atoms with van der Waals surface area (Å²) in [6, 6.07) is 10.3. The van der Waals surface area contributed by atoms with Gasteiger partial charge in [-0.15, -0.1) is 0 Å². The number of rotatable bonds is 8. The van der Waals surface area contributed by atoms with Gasteiger partial charge in [0, 0.05) is 33.9 Å². The summed E-state index contributed by atoms with van der Waals surface area (Å²) in [4.78, 5) is 13.4.